The van der Waals surface area contributed by atoms with Gasteiger partial charge in [-0.25, -0.2) is 0 Å². The molecule has 4 heterocycles. The van der Waals surface area contributed by atoms with Crippen molar-refractivity contribution < 1.29 is 8.83 Å². The lowest BCUT2D eigenvalue weighted by atomic mass is 9.67. The van der Waals surface area contributed by atoms with E-state index in [1.54, 1.807) is 0 Å². The van der Waals surface area contributed by atoms with Crippen LogP contribution in [-0.2, 0) is 5.41 Å². The number of nitrogens with one attached hydrogen (secondary N) is 1. The minimum absolute atomic E-state index is 0.583. The van der Waals surface area contributed by atoms with E-state index in [9.17, 15) is 0 Å². The highest BCUT2D eigenvalue weighted by atomic mass is 16.3. The minimum atomic E-state index is -0.583. The smallest absolute Gasteiger partial charge is 0.153 e. The van der Waals surface area contributed by atoms with Crippen molar-refractivity contribution in [1.29, 1.82) is 0 Å². The zero-order valence-electron chi connectivity index (χ0n) is 31.4. The molecule has 12 rings (SSSR count). The molecule has 7 aromatic carbocycles. The molecular formula is C53H35N3O2. The normalized spacial score (nSPS) is 13.7. The van der Waals surface area contributed by atoms with Gasteiger partial charge in [0, 0.05) is 46.5 Å². The van der Waals surface area contributed by atoms with Crippen molar-refractivity contribution in [2.75, 3.05) is 16.8 Å². The Labute approximate surface area is 335 Å². The monoisotopic (exact) mass is 745 g/mol. The molecule has 2 aliphatic rings. The highest BCUT2D eigenvalue weighted by molar-refractivity contribution is 6.06. The van der Waals surface area contributed by atoms with Gasteiger partial charge in [0.15, 0.2) is 11.3 Å². The number of hydrogen-bond donors (Lipinski definition) is 1. The first-order valence-electron chi connectivity index (χ1n) is 19.7. The molecule has 0 atom stereocenters. The summed E-state index contributed by atoms with van der Waals surface area (Å²) in [4.78, 5) is 7.16. The number of pyridine rings is 1. The molecule has 0 bridgehead atoms. The van der Waals surface area contributed by atoms with Gasteiger partial charge in [0.1, 0.15) is 16.7 Å². The van der Waals surface area contributed by atoms with Gasteiger partial charge in [0.2, 0.25) is 0 Å². The Bertz CT molecular complexity index is 3200. The minimum Gasteiger partial charge on any atom is -0.454 e. The van der Waals surface area contributed by atoms with Crippen LogP contribution in [0.4, 0.5) is 22.7 Å². The maximum Gasteiger partial charge on any atom is 0.153 e. The molecule has 0 radical (unpaired) electrons. The first-order valence-corrected chi connectivity index (χ1v) is 19.7. The van der Waals surface area contributed by atoms with Crippen molar-refractivity contribution in [2.45, 2.75) is 5.41 Å². The van der Waals surface area contributed by atoms with Crippen LogP contribution in [0.3, 0.4) is 0 Å². The van der Waals surface area contributed by atoms with Gasteiger partial charge >= 0.3 is 0 Å². The summed E-state index contributed by atoms with van der Waals surface area (Å²) in [5, 5.41) is 5.54. The Hall–Kier alpha value is -7.63. The van der Waals surface area contributed by atoms with Crippen LogP contribution >= 0.6 is 0 Å². The molecule has 1 aliphatic heterocycles. The van der Waals surface area contributed by atoms with E-state index in [0.29, 0.717) is 0 Å². The molecule has 0 saturated heterocycles. The highest BCUT2D eigenvalue weighted by Gasteiger charge is 2.47. The fourth-order valence-corrected chi connectivity index (χ4v) is 9.53. The summed E-state index contributed by atoms with van der Waals surface area (Å²) in [6, 6.07) is 63.5. The standard InChI is InChI=1S/C53H35N3O2/c1-4-14-34(15-5-1)41-32-42-39-20-10-11-21-44(39)53(35-16-6-2-7-17-35,36-18-8-3-9-19-36)45(42)33-46(41)56(37-25-27-47-43(30-37)52-49(57-47)23-13-29-55-52)38-24-26-40-50(31-38)58-48-22-12-28-54-51(40)48/h1-27,29-33,54H,28H2. The second-order valence-corrected chi connectivity index (χ2v) is 15.1. The van der Waals surface area contributed by atoms with Crippen LogP contribution in [0, 0.1) is 0 Å². The van der Waals surface area contributed by atoms with E-state index in [2.05, 4.69) is 186 Å². The number of fused-ring (bicyclic) bond motifs is 9. The summed E-state index contributed by atoms with van der Waals surface area (Å²) in [5.74, 6) is 0.845. The molecule has 0 fully saturated rings. The Morgan fingerprint density at radius 3 is 2.07 bits per heavy atom. The largest absolute Gasteiger partial charge is 0.454 e. The number of nitrogens with zero attached hydrogens (tertiary/aromatic N) is 2. The molecular weight excluding hydrogens is 711 g/mol. The fraction of sp³-hybridized carbons (Fsp3) is 0.0377. The summed E-state index contributed by atoms with van der Waals surface area (Å²) in [6.07, 6.45) is 5.98. The highest BCUT2D eigenvalue weighted by Crippen LogP contribution is 2.59. The van der Waals surface area contributed by atoms with Gasteiger partial charge in [0.05, 0.1) is 16.8 Å². The van der Waals surface area contributed by atoms with E-state index >= 15 is 0 Å². The van der Waals surface area contributed by atoms with Crippen molar-refractivity contribution in [1.82, 2.24) is 4.98 Å². The molecule has 0 saturated carbocycles. The van der Waals surface area contributed by atoms with Crippen LogP contribution in [-0.4, -0.2) is 11.5 Å². The van der Waals surface area contributed by atoms with Crippen molar-refractivity contribution in [3.05, 3.63) is 216 Å². The number of hydrogen-bond acceptors (Lipinski definition) is 5. The third kappa shape index (κ3) is 4.74. The predicted octanol–water partition coefficient (Wildman–Crippen LogP) is 13.7. The van der Waals surface area contributed by atoms with Crippen molar-refractivity contribution in [3.63, 3.8) is 0 Å². The van der Waals surface area contributed by atoms with Crippen molar-refractivity contribution in [2.24, 2.45) is 0 Å². The lowest BCUT2D eigenvalue weighted by Gasteiger charge is -2.35. The second-order valence-electron chi connectivity index (χ2n) is 15.1. The topological polar surface area (TPSA) is 54.4 Å². The molecule has 1 aliphatic carbocycles. The SMILES string of the molecule is C1=Cc2oc3cc(N(c4ccc5oc6cccnc6c5c4)c4cc5c(cc4-c4ccccc4)-c4ccccc4C5(c4ccccc4)c4ccccc4)ccc3c2NC1. The summed E-state index contributed by atoms with van der Waals surface area (Å²) >= 11 is 0. The average molecular weight is 746 g/mol. The number of benzene rings is 7. The number of furan rings is 2. The number of aromatic nitrogens is 1. The van der Waals surface area contributed by atoms with E-state index in [-0.39, 0.29) is 0 Å². The van der Waals surface area contributed by atoms with Gasteiger partial charge in [-0.3, -0.25) is 4.98 Å². The van der Waals surface area contributed by atoms with Gasteiger partial charge in [0.25, 0.3) is 0 Å². The van der Waals surface area contributed by atoms with E-state index < -0.39 is 5.41 Å². The molecule has 274 valence electrons. The third-order valence-corrected chi connectivity index (χ3v) is 12.0. The molecule has 1 N–H and O–H groups in total. The van der Waals surface area contributed by atoms with E-state index in [1.807, 2.05) is 18.3 Å². The Morgan fingerprint density at radius 2 is 1.26 bits per heavy atom. The van der Waals surface area contributed by atoms with Gasteiger partial charge in [-0.15, -0.1) is 0 Å². The van der Waals surface area contributed by atoms with Gasteiger partial charge in [-0.05, 0) is 99.6 Å². The van der Waals surface area contributed by atoms with Crippen LogP contribution in [0.1, 0.15) is 28.0 Å². The lowest BCUT2D eigenvalue weighted by Crippen LogP contribution is -2.28. The first-order chi connectivity index (χ1) is 28.8. The molecule has 5 nitrogen and oxygen atoms in total. The summed E-state index contributed by atoms with van der Waals surface area (Å²) in [7, 11) is 0. The molecule has 3 aromatic heterocycles. The van der Waals surface area contributed by atoms with E-state index in [4.69, 9.17) is 13.8 Å². The first kappa shape index (κ1) is 32.6. The summed E-state index contributed by atoms with van der Waals surface area (Å²) in [6.45, 7) is 0.769. The Kier molecular flexibility index (Phi) is 7.14. The molecule has 0 amide bonds. The van der Waals surface area contributed by atoms with Crippen molar-refractivity contribution >= 4 is 61.9 Å². The zero-order valence-corrected chi connectivity index (χ0v) is 31.4. The Balaban J connectivity index is 1.20. The summed E-state index contributed by atoms with van der Waals surface area (Å²) in [5.41, 5.74) is 16.3. The predicted molar refractivity (Wildman–Crippen MR) is 236 cm³/mol. The average Bonchev–Trinajstić information content (AvgIpc) is 3.95. The van der Waals surface area contributed by atoms with Crippen molar-refractivity contribution in [3.8, 4) is 22.3 Å². The molecule has 10 aromatic rings. The van der Waals surface area contributed by atoms with Crippen LogP contribution in [0.15, 0.2) is 197 Å². The zero-order chi connectivity index (χ0) is 38.2. The van der Waals surface area contributed by atoms with Crippen LogP contribution < -0.4 is 10.2 Å². The van der Waals surface area contributed by atoms with E-state index in [0.717, 1.165) is 79.2 Å². The van der Waals surface area contributed by atoms with Gasteiger partial charge in [-0.1, -0.05) is 121 Å². The Morgan fingerprint density at radius 1 is 0.534 bits per heavy atom. The maximum absolute atomic E-state index is 6.55. The van der Waals surface area contributed by atoms with Crippen LogP contribution in [0.5, 0.6) is 0 Å². The third-order valence-electron chi connectivity index (χ3n) is 12.0. The second kappa shape index (κ2) is 12.7. The summed E-state index contributed by atoms with van der Waals surface area (Å²) < 4.78 is 12.9. The molecule has 0 spiro atoms. The van der Waals surface area contributed by atoms with E-state index in [1.165, 1.54) is 33.4 Å². The fourth-order valence-electron chi connectivity index (χ4n) is 9.53. The van der Waals surface area contributed by atoms with Gasteiger partial charge < -0.3 is 19.1 Å². The van der Waals surface area contributed by atoms with Crippen LogP contribution in [0.2, 0.25) is 0 Å². The van der Waals surface area contributed by atoms with Gasteiger partial charge in [-0.2, -0.15) is 0 Å². The molecule has 0 unspecified atom stereocenters. The molecule has 5 heteroatoms. The molecule has 58 heavy (non-hydrogen) atoms. The number of anilines is 4. The maximum atomic E-state index is 6.55. The van der Waals surface area contributed by atoms with Crippen LogP contribution in [0.25, 0.3) is 61.4 Å². The number of rotatable bonds is 6. The lowest BCUT2D eigenvalue weighted by molar-refractivity contribution is 0.604. The quantitative estimate of drug-likeness (QED) is 0.184.